The lowest BCUT2D eigenvalue weighted by Crippen LogP contribution is -2.60. The summed E-state index contributed by atoms with van der Waals surface area (Å²) in [6.45, 7) is 7.13. The number of rotatable bonds is 8. The third kappa shape index (κ3) is 5.56. The molecule has 2 aliphatic heterocycles. The fraction of sp³-hybridized carbons (Fsp3) is 0.357. The number of β-lactam (4-membered cyclic amide) rings is 1. The van der Waals surface area contributed by atoms with E-state index in [9.17, 15) is 19.2 Å². The Hall–Kier alpha value is -3.59. The van der Waals surface area contributed by atoms with Crippen molar-refractivity contribution in [3.8, 4) is 0 Å². The van der Waals surface area contributed by atoms with Crippen LogP contribution >= 0.6 is 11.8 Å². The van der Waals surface area contributed by atoms with E-state index in [1.165, 1.54) is 22.7 Å². The molecule has 2 saturated heterocycles. The number of hydrogen-bond donors (Lipinski definition) is 0. The maximum atomic E-state index is 13.7. The second-order valence-electron chi connectivity index (χ2n) is 10.1. The first-order chi connectivity index (χ1) is 17.5. The molecule has 0 spiro atoms. The van der Waals surface area contributed by atoms with E-state index < -0.39 is 45.7 Å². The summed E-state index contributed by atoms with van der Waals surface area (Å²) in [6.07, 6.45) is 0.469. The summed E-state index contributed by atoms with van der Waals surface area (Å²) < 4.78 is 15.4. The van der Waals surface area contributed by atoms with E-state index >= 15 is 0 Å². The molecular weight excluding hydrogens is 494 g/mol. The normalized spacial score (nSPS) is 23.9. The van der Waals surface area contributed by atoms with Gasteiger partial charge < -0.3 is 19.1 Å². The average Bonchev–Trinajstić information content (AvgIpc) is 3.14. The zero-order valence-electron chi connectivity index (χ0n) is 21.1. The monoisotopic (exact) mass is 523 g/mol. The SMILES string of the molecule is CC(C)(C)OC(=O)/C=C1/C(=O)N2C1S[C@@](C)(COC=O)[C@@H]2C(=O)OC(c1ccccc1)c1ccccc1. The summed E-state index contributed by atoms with van der Waals surface area (Å²) in [5.74, 6) is -1.73. The zero-order chi connectivity index (χ0) is 26.8. The Morgan fingerprint density at radius 3 is 2.14 bits per heavy atom. The van der Waals surface area contributed by atoms with Crippen LogP contribution in [0.5, 0.6) is 0 Å². The lowest BCUT2D eigenvalue weighted by atomic mass is 9.94. The van der Waals surface area contributed by atoms with Gasteiger partial charge in [0.2, 0.25) is 0 Å². The topological polar surface area (TPSA) is 99.2 Å². The van der Waals surface area contributed by atoms with Crippen LogP contribution in [0.1, 0.15) is 44.9 Å². The van der Waals surface area contributed by atoms with Crippen LogP contribution in [0.4, 0.5) is 0 Å². The third-order valence-electron chi connectivity index (χ3n) is 6.02. The summed E-state index contributed by atoms with van der Waals surface area (Å²) >= 11 is 1.27. The van der Waals surface area contributed by atoms with Gasteiger partial charge in [-0.05, 0) is 38.8 Å². The number of fused-ring (bicyclic) bond motifs is 1. The van der Waals surface area contributed by atoms with Gasteiger partial charge in [-0.1, -0.05) is 60.7 Å². The molecule has 0 bridgehead atoms. The largest absolute Gasteiger partial charge is 0.466 e. The van der Waals surface area contributed by atoms with Crippen molar-refractivity contribution in [2.75, 3.05) is 6.61 Å². The molecular formula is C28H29NO7S. The molecule has 2 aliphatic rings. The van der Waals surface area contributed by atoms with Gasteiger partial charge in [0.1, 0.15) is 23.6 Å². The maximum Gasteiger partial charge on any atom is 0.331 e. The quantitative estimate of drug-likeness (QED) is 0.169. The average molecular weight is 524 g/mol. The van der Waals surface area contributed by atoms with E-state index in [1.807, 2.05) is 60.7 Å². The van der Waals surface area contributed by atoms with Gasteiger partial charge >= 0.3 is 11.9 Å². The maximum absolute atomic E-state index is 13.7. The first kappa shape index (κ1) is 26.5. The minimum atomic E-state index is -1.04. The van der Waals surface area contributed by atoms with Gasteiger partial charge in [0.15, 0.2) is 6.10 Å². The molecule has 0 aromatic heterocycles. The first-order valence-corrected chi connectivity index (χ1v) is 12.7. The van der Waals surface area contributed by atoms with E-state index in [4.69, 9.17) is 14.2 Å². The Balaban J connectivity index is 1.64. The molecule has 3 atom stereocenters. The van der Waals surface area contributed by atoms with Gasteiger partial charge in [0.25, 0.3) is 12.4 Å². The molecule has 1 amide bonds. The highest BCUT2D eigenvalue weighted by Gasteiger charge is 2.64. The van der Waals surface area contributed by atoms with Crippen LogP contribution in [-0.2, 0) is 33.4 Å². The van der Waals surface area contributed by atoms with Crippen molar-refractivity contribution in [3.63, 3.8) is 0 Å². The van der Waals surface area contributed by atoms with Crippen molar-refractivity contribution in [1.82, 2.24) is 4.90 Å². The van der Waals surface area contributed by atoms with Crippen LogP contribution in [0.25, 0.3) is 0 Å². The van der Waals surface area contributed by atoms with Crippen molar-refractivity contribution >= 4 is 36.1 Å². The molecule has 9 heteroatoms. The number of nitrogens with zero attached hydrogens (tertiary/aromatic N) is 1. The van der Waals surface area contributed by atoms with Crippen LogP contribution in [0, 0.1) is 0 Å². The Morgan fingerprint density at radius 1 is 1.05 bits per heavy atom. The number of carbonyl (C=O) groups is 4. The van der Waals surface area contributed by atoms with E-state index in [2.05, 4.69) is 0 Å². The first-order valence-electron chi connectivity index (χ1n) is 11.8. The summed E-state index contributed by atoms with van der Waals surface area (Å²) in [5.41, 5.74) is 1.06. The van der Waals surface area contributed by atoms with Gasteiger partial charge in [0, 0.05) is 6.08 Å². The van der Waals surface area contributed by atoms with Crippen LogP contribution in [-0.4, -0.2) is 57.6 Å². The zero-order valence-corrected chi connectivity index (χ0v) is 21.9. The number of ether oxygens (including phenoxy) is 3. The summed E-state index contributed by atoms with van der Waals surface area (Å²) in [5, 5.41) is -0.579. The Labute approximate surface area is 219 Å². The molecule has 2 aromatic carbocycles. The second-order valence-corrected chi connectivity index (χ2v) is 11.7. The van der Waals surface area contributed by atoms with Gasteiger partial charge in [-0.25, -0.2) is 9.59 Å². The molecule has 2 heterocycles. The highest BCUT2D eigenvalue weighted by molar-refractivity contribution is 8.02. The van der Waals surface area contributed by atoms with Crippen LogP contribution in [0.15, 0.2) is 72.3 Å². The van der Waals surface area contributed by atoms with Crippen molar-refractivity contribution in [1.29, 1.82) is 0 Å². The fourth-order valence-corrected chi connectivity index (χ4v) is 6.07. The fourth-order valence-electron chi connectivity index (χ4n) is 4.46. The van der Waals surface area contributed by atoms with E-state index in [0.29, 0.717) is 6.47 Å². The van der Waals surface area contributed by atoms with E-state index in [0.717, 1.165) is 11.1 Å². The molecule has 37 heavy (non-hydrogen) atoms. The van der Waals surface area contributed by atoms with Gasteiger partial charge in [-0.2, -0.15) is 0 Å². The van der Waals surface area contributed by atoms with Gasteiger partial charge in [0.05, 0.1) is 10.3 Å². The summed E-state index contributed by atoms with van der Waals surface area (Å²) in [7, 11) is 0. The number of carbonyl (C=O) groups excluding carboxylic acids is 4. The van der Waals surface area contributed by atoms with Crippen LogP contribution in [0.2, 0.25) is 0 Å². The van der Waals surface area contributed by atoms with Crippen LogP contribution < -0.4 is 0 Å². The standard InChI is InChI=1S/C28H29NO7S/c1-27(2,3)36-21(31)15-20-24(32)29-23(28(4,16-34-17-30)37-25(20)29)26(33)35-22(18-11-7-5-8-12-18)19-13-9-6-10-14-19/h5-15,17,22-23,25H,16H2,1-4H3/b20-15-/t23-,25?,28-/m0/s1. The molecule has 2 aromatic rings. The van der Waals surface area contributed by atoms with Crippen molar-refractivity contribution < 1.29 is 33.4 Å². The smallest absolute Gasteiger partial charge is 0.331 e. The highest BCUT2D eigenvalue weighted by atomic mass is 32.2. The predicted molar refractivity (Wildman–Crippen MR) is 137 cm³/mol. The van der Waals surface area contributed by atoms with Gasteiger partial charge in [-0.15, -0.1) is 11.8 Å². The summed E-state index contributed by atoms with van der Waals surface area (Å²) in [4.78, 5) is 51.7. The third-order valence-corrected chi connectivity index (χ3v) is 7.60. The minimum Gasteiger partial charge on any atom is -0.466 e. The van der Waals surface area contributed by atoms with Gasteiger partial charge in [-0.3, -0.25) is 9.59 Å². The molecule has 0 aliphatic carbocycles. The molecule has 0 N–H and O–H groups in total. The predicted octanol–water partition coefficient (Wildman–Crippen LogP) is 3.80. The molecule has 1 unspecified atom stereocenters. The Kier molecular flexibility index (Phi) is 7.45. The lowest BCUT2D eigenvalue weighted by Gasteiger charge is -2.40. The molecule has 8 nitrogen and oxygen atoms in total. The Bertz CT molecular complexity index is 1170. The number of hydrogen-bond acceptors (Lipinski definition) is 8. The number of thioether (sulfide) groups is 1. The number of amides is 1. The second kappa shape index (κ2) is 10.4. The molecule has 194 valence electrons. The minimum absolute atomic E-state index is 0.123. The van der Waals surface area contributed by atoms with Crippen molar-refractivity contribution in [3.05, 3.63) is 83.4 Å². The van der Waals surface area contributed by atoms with Crippen LogP contribution in [0.3, 0.4) is 0 Å². The number of benzene rings is 2. The van der Waals surface area contributed by atoms with Crippen molar-refractivity contribution in [2.45, 2.75) is 55.6 Å². The molecule has 2 fully saturated rings. The van der Waals surface area contributed by atoms with Crippen molar-refractivity contribution in [2.24, 2.45) is 0 Å². The molecule has 4 rings (SSSR count). The lowest BCUT2D eigenvalue weighted by molar-refractivity contribution is -0.162. The number of esters is 2. The Morgan fingerprint density at radius 2 is 1.62 bits per heavy atom. The molecule has 0 radical (unpaired) electrons. The summed E-state index contributed by atoms with van der Waals surface area (Å²) in [6, 6.07) is 17.6. The highest BCUT2D eigenvalue weighted by Crippen LogP contribution is 2.54. The van der Waals surface area contributed by atoms with E-state index in [1.54, 1.807) is 27.7 Å². The molecule has 0 saturated carbocycles. The van der Waals surface area contributed by atoms with E-state index in [-0.39, 0.29) is 12.2 Å².